The molecule has 1 unspecified atom stereocenters. The lowest BCUT2D eigenvalue weighted by Gasteiger charge is -2.07. The van der Waals surface area contributed by atoms with Gasteiger partial charge in [0.15, 0.2) is 0 Å². The van der Waals surface area contributed by atoms with E-state index in [4.69, 9.17) is 15.6 Å². The summed E-state index contributed by atoms with van der Waals surface area (Å²) in [5.74, 6) is 0.511. The fourth-order valence-corrected chi connectivity index (χ4v) is 0.845. The number of ether oxygens (including phenoxy) is 1. The maximum atomic E-state index is 8.75. The van der Waals surface area contributed by atoms with Crippen molar-refractivity contribution < 1.29 is 9.84 Å². The molecule has 0 aliphatic rings. The molecule has 74 valence electrons. The van der Waals surface area contributed by atoms with Crippen molar-refractivity contribution in [1.29, 1.82) is 0 Å². The molecular formula is C8H13ClN2O2. The molecule has 4 nitrogen and oxygen atoms in total. The van der Waals surface area contributed by atoms with Crippen LogP contribution in [0.1, 0.15) is 11.7 Å². The van der Waals surface area contributed by atoms with E-state index in [1.165, 1.54) is 7.11 Å². The molecule has 0 radical (unpaired) electrons. The van der Waals surface area contributed by atoms with Crippen LogP contribution in [0.15, 0.2) is 18.2 Å². The number of aliphatic hydroxyl groups excluding tert-OH is 1. The van der Waals surface area contributed by atoms with Crippen LogP contribution in [0.25, 0.3) is 0 Å². The summed E-state index contributed by atoms with van der Waals surface area (Å²) in [6, 6.07) is 4.84. The van der Waals surface area contributed by atoms with Crippen molar-refractivity contribution in [2.75, 3.05) is 13.7 Å². The third kappa shape index (κ3) is 3.18. The largest absolute Gasteiger partial charge is 0.481 e. The Morgan fingerprint density at radius 1 is 1.62 bits per heavy atom. The summed E-state index contributed by atoms with van der Waals surface area (Å²) in [5, 5.41) is 8.75. The third-order valence-corrected chi connectivity index (χ3v) is 1.53. The summed E-state index contributed by atoms with van der Waals surface area (Å²) < 4.78 is 4.90. The monoisotopic (exact) mass is 204 g/mol. The summed E-state index contributed by atoms with van der Waals surface area (Å²) in [5.41, 5.74) is 6.19. The molecular weight excluding hydrogens is 192 g/mol. The Kier molecular flexibility index (Phi) is 5.37. The number of rotatable bonds is 3. The molecule has 0 fully saturated rings. The van der Waals surface area contributed by atoms with E-state index in [-0.39, 0.29) is 19.0 Å². The van der Waals surface area contributed by atoms with E-state index in [1.54, 1.807) is 18.2 Å². The zero-order valence-corrected chi connectivity index (χ0v) is 8.12. The van der Waals surface area contributed by atoms with Crippen molar-refractivity contribution in [3.05, 3.63) is 23.9 Å². The van der Waals surface area contributed by atoms with Gasteiger partial charge in [0.1, 0.15) is 0 Å². The predicted molar refractivity (Wildman–Crippen MR) is 52.1 cm³/mol. The second kappa shape index (κ2) is 5.75. The van der Waals surface area contributed by atoms with Crippen LogP contribution in [0.5, 0.6) is 5.88 Å². The molecule has 0 amide bonds. The van der Waals surface area contributed by atoms with Gasteiger partial charge >= 0.3 is 0 Å². The smallest absolute Gasteiger partial charge is 0.213 e. The van der Waals surface area contributed by atoms with Crippen molar-refractivity contribution in [2.45, 2.75) is 6.04 Å². The second-order valence-electron chi connectivity index (χ2n) is 2.39. The van der Waals surface area contributed by atoms with E-state index >= 15 is 0 Å². The third-order valence-electron chi connectivity index (χ3n) is 1.53. The van der Waals surface area contributed by atoms with E-state index < -0.39 is 6.04 Å². The highest BCUT2D eigenvalue weighted by Gasteiger charge is 2.05. The molecule has 1 aromatic heterocycles. The summed E-state index contributed by atoms with van der Waals surface area (Å²) in [6.07, 6.45) is 0. The van der Waals surface area contributed by atoms with Gasteiger partial charge in [-0.25, -0.2) is 4.98 Å². The summed E-state index contributed by atoms with van der Waals surface area (Å²) in [4.78, 5) is 4.05. The zero-order chi connectivity index (χ0) is 8.97. The first-order chi connectivity index (χ1) is 5.77. The van der Waals surface area contributed by atoms with Crippen LogP contribution < -0.4 is 10.5 Å². The Morgan fingerprint density at radius 2 is 2.31 bits per heavy atom. The maximum absolute atomic E-state index is 8.75. The molecule has 0 aromatic carbocycles. The summed E-state index contributed by atoms with van der Waals surface area (Å²) in [7, 11) is 1.54. The van der Waals surface area contributed by atoms with Crippen LogP contribution in [-0.2, 0) is 0 Å². The number of methoxy groups -OCH3 is 1. The van der Waals surface area contributed by atoms with Crippen molar-refractivity contribution in [1.82, 2.24) is 4.98 Å². The number of aromatic nitrogens is 1. The molecule has 0 saturated carbocycles. The highest BCUT2D eigenvalue weighted by atomic mass is 35.5. The Morgan fingerprint density at radius 3 is 2.85 bits per heavy atom. The fraction of sp³-hybridized carbons (Fsp3) is 0.375. The van der Waals surface area contributed by atoms with Crippen molar-refractivity contribution in [2.24, 2.45) is 5.73 Å². The zero-order valence-electron chi connectivity index (χ0n) is 7.30. The van der Waals surface area contributed by atoms with E-state index in [1.807, 2.05) is 0 Å². The van der Waals surface area contributed by atoms with Gasteiger partial charge in [-0.1, -0.05) is 6.07 Å². The lowest BCUT2D eigenvalue weighted by molar-refractivity contribution is 0.265. The van der Waals surface area contributed by atoms with Crippen molar-refractivity contribution in [3.8, 4) is 5.88 Å². The molecule has 0 bridgehead atoms. The van der Waals surface area contributed by atoms with E-state index in [0.29, 0.717) is 11.6 Å². The molecule has 1 aromatic rings. The van der Waals surface area contributed by atoms with Crippen LogP contribution in [0.2, 0.25) is 0 Å². The van der Waals surface area contributed by atoms with Crippen LogP contribution in [0, 0.1) is 0 Å². The predicted octanol–water partition coefficient (Wildman–Crippen LogP) is 0.504. The van der Waals surface area contributed by atoms with E-state index in [2.05, 4.69) is 4.98 Å². The normalized spacial score (nSPS) is 11.6. The molecule has 0 aliphatic carbocycles. The Balaban J connectivity index is 0.00000144. The first-order valence-electron chi connectivity index (χ1n) is 3.65. The molecule has 0 aliphatic heterocycles. The van der Waals surface area contributed by atoms with Gasteiger partial charge < -0.3 is 15.6 Å². The SMILES string of the molecule is COc1cccc(C(N)CO)n1.Cl. The number of halogens is 1. The first-order valence-corrected chi connectivity index (χ1v) is 3.65. The minimum absolute atomic E-state index is 0. The molecule has 0 spiro atoms. The number of hydrogen-bond donors (Lipinski definition) is 2. The average Bonchev–Trinajstić information content (AvgIpc) is 2.17. The molecule has 1 rings (SSSR count). The molecule has 5 heteroatoms. The summed E-state index contributed by atoms with van der Waals surface area (Å²) in [6.45, 7) is -0.111. The molecule has 1 heterocycles. The molecule has 3 N–H and O–H groups in total. The standard InChI is InChI=1S/C8H12N2O2.ClH/c1-12-8-4-2-3-7(10-8)6(9)5-11;/h2-4,6,11H,5,9H2,1H3;1H. The number of nitrogens with two attached hydrogens (primary N) is 1. The van der Waals surface area contributed by atoms with E-state index in [9.17, 15) is 0 Å². The van der Waals surface area contributed by atoms with Gasteiger partial charge in [-0.2, -0.15) is 0 Å². The molecule has 13 heavy (non-hydrogen) atoms. The number of nitrogens with zero attached hydrogens (tertiary/aromatic N) is 1. The first kappa shape index (κ1) is 12.2. The minimum atomic E-state index is -0.430. The van der Waals surface area contributed by atoms with Gasteiger partial charge in [-0.15, -0.1) is 12.4 Å². The van der Waals surface area contributed by atoms with Gasteiger partial charge in [0.2, 0.25) is 5.88 Å². The van der Waals surface area contributed by atoms with Crippen LogP contribution in [0.3, 0.4) is 0 Å². The van der Waals surface area contributed by atoms with Crippen LogP contribution in [0.4, 0.5) is 0 Å². The second-order valence-corrected chi connectivity index (χ2v) is 2.39. The average molecular weight is 205 g/mol. The van der Waals surface area contributed by atoms with Gasteiger partial charge in [0.05, 0.1) is 25.5 Å². The van der Waals surface area contributed by atoms with Gasteiger partial charge in [-0.05, 0) is 6.07 Å². The maximum Gasteiger partial charge on any atom is 0.213 e. The lowest BCUT2D eigenvalue weighted by atomic mass is 10.2. The highest BCUT2D eigenvalue weighted by Crippen LogP contribution is 2.11. The Labute approximate surface area is 83.1 Å². The van der Waals surface area contributed by atoms with Gasteiger partial charge in [0, 0.05) is 6.07 Å². The van der Waals surface area contributed by atoms with Crippen LogP contribution in [-0.4, -0.2) is 23.8 Å². The van der Waals surface area contributed by atoms with Crippen LogP contribution >= 0.6 is 12.4 Å². The van der Waals surface area contributed by atoms with Gasteiger partial charge in [-0.3, -0.25) is 0 Å². The number of pyridine rings is 1. The fourth-order valence-electron chi connectivity index (χ4n) is 0.845. The van der Waals surface area contributed by atoms with E-state index in [0.717, 1.165) is 0 Å². The van der Waals surface area contributed by atoms with Gasteiger partial charge in [0.25, 0.3) is 0 Å². The Bertz CT molecular complexity index is 258. The number of aliphatic hydroxyl groups is 1. The number of hydrogen-bond acceptors (Lipinski definition) is 4. The lowest BCUT2D eigenvalue weighted by Crippen LogP contribution is -2.16. The topological polar surface area (TPSA) is 68.4 Å². The highest BCUT2D eigenvalue weighted by molar-refractivity contribution is 5.85. The van der Waals surface area contributed by atoms with Crippen molar-refractivity contribution in [3.63, 3.8) is 0 Å². The quantitative estimate of drug-likeness (QED) is 0.753. The minimum Gasteiger partial charge on any atom is -0.481 e. The summed E-state index contributed by atoms with van der Waals surface area (Å²) >= 11 is 0. The Hall–Kier alpha value is -0.840. The molecule has 0 saturated heterocycles. The van der Waals surface area contributed by atoms with Crippen molar-refractivity contribution >= 4 is 12.4 Å². The molecule has 1 atom stereocenters.